The summed E-state index contributed by atoms with van der Waals surface area (Å²) in [5, 5.41) is 22.5. The number of nitrogens with zero attached hydrogens (tertiary/aromatic N) is 4. The molecule has 1 amide bonds. The summed E-state index contributed by atoms with van der Waals surface area (Å²) in [6, 6.07) is 10.1. The molecule has 182 valence electrons. The summed E-state index contributed by atoms with van der Waals surface area (Å²) in [6.07, 6.45) is 5.92. The van der Waals surface area contributed by atoms with Gasteiger partial charge < -0.3 is 10.1 Å². The predicted molar refractivity (Wildman–Crippen MR) is 140 cm³/mol. The van der Waals surface area contributed by atoms with Gasteiger partial charge in [-0.15, -0.1) is 28.1 Å². The number of hydrogen-bond acceptors (Lipinski definition) is 7. The van der Waals surface area contributed by atoms with Gasteiger partial charge >= 0.3 is 0 Å². The van der Waals surface area contributed by atoms with Gasteiger partial charge in [0.15, 0.2) is 11.0 Å². The Labute approximate surface area is 214 Å². The largest absolute Gasteiger partial charge is 0.486 e. The van der Waals surface area contributed by atoms with E-state index in [4.69, 9.17) is 4.74 Å². The second-order valence-corrected chi connectivity index (χ2v) is 10.6. The van der Waals surface area contributed by atoms with E-state index in [1.807, 2.05) is 35.8 Å². The molecule has 1 N–H and O–H groups in total. The van der Waals surface area contributed by atoms with E-state index >= 15 is 0 Å². The van der Waals surface area contributed by atoms with Gasteiger partial charge in [-0.1, -0.05) is 48.9 Å². The molecule has 1 aliphatic rings. The fraction of sp³-hybridized carbons (Fsp3) is 0.385. The maximum Gasteiger partial charge on any atom is 0.235 e. The van der Waals surface area contributed by atoms with E-state index in [9.17, 15) is 10.1 Å². The summed E-state index contributed by atoms with van der Waals surface area (Å²) in [6.45, 7) is 8.84. The van der Waals surface area contributed by atoms with Crippen molar-refractivity contribution in [2.24, 2.45) is 5.92 Å². The molecular weight excluding hydrogens is 478 g/mol. The van der Waals surface area contributed by atoms with Crippen molar-refractivity contribution in [2.75, 3.05) is 11.1 Å². The molecule has 0 bridgehead atoms. The first-order valence-corrected chi connectivity index (χ1v) is 13.5. The number of thiophene rings is 1. The fourth-order valence-electron chi connectivity index (χ4n) is 4.13. The van der Waals surface area contributed by atoms with Crippen molar-refractivity contribution < 1.29 is 9.53 Å². The zero-order chi connectivity index (χ0) is 24.8. The van der Waals surface area contributed by atoms with E-state index in [0.717, 1.165) is 37.0 Å². The maximum absolute atomic E-state index is 12.8. The molecule has 0 fully saturated rings. The number of fused-ring (bicyclic) bond motifs is 1. The molecule has 9 heteroatoms. The summed E-state index contributed by atoms with van der Waals surface area (Å²) < 4.78 is 7.75. The number of amides is 1. The summed E-state index contributed by atoms with van der Waals surface area (Å²) in [5.41, 5.74) is 2.91. The van der Waals surface area contributed by atoms with E-state index in [-0.39, 0.29) is 18.3 Å². The minimum Gasteiger partial charge on any atom is -0.486 e. The van der Waals surface area contributed by atoms with Crippen LogP contribution in [0.2, 0.25) is 0 Å². The molecule has 0 spiro atoms. The van der Waals surface area contributed by atoms with Crippen LogP contribution >= 0.6 is 23.1 Å². The van der Waals surface area contributed by atoms with Crippen LogP contribution in [0.3, 0.4) is 0 Å². The first-order chi connectivity index (χ1) is 17.0. The number of carbonyl (C=O) groups excluding carboxylic acids is 1. The second-order valence-electron chi connectivity index (χ2n) is 8.57. The molecule has 4 rings (SSSR count). The number of anilines is 1. The van der Waals surface area contributed by atoms with E-state index in [1.54, 1.807) is 17.4 Å². The molecule has 2 aromatic heterocycles. The second kappa shape index (κ2) is 11.6. The van der Waals surface area contributed by atoms with Gasteiger partial charge in [-0.2, -0.15) is 5.26 Å². The van der Waals surface area contributed by atoms with Gasteiger partial charge in [0.05, 0.1) is 11.3 Å². The molecular formula is C26H29N5O2S2. The Bertz CT molecular complexity index is 1240. The third-order valence-corrected chi connectivity index (χ3v) is 8.27. The first-order valence-electron chi connectivity index (χ1n) is 11.7. The molecule has 1 aliphatic carbocycles. The van der Waals surface area contributed by atoms with Crippen LogP contribution in [0.5, 0.6) is 5.75 Å². The van der Waals surface area contributed by atoms with Gasteiger partial charge in [-0.3, -0.25) is 9.36 Å². The van der Waals surface area contributed by atoms with Gasteiger partial charge in [0, 0.05) is 11.4 Å². The van der Waals surface area contributed by atoms with Crippen molar-refractivity contribution in [1.29, 1.82) is 5.26 Å². The van der Waals surface area contributed by atoms with Crippen molar-refractivity contribution in [1.82, 2.24) is 14.8 Å². The van der Waals surface area contributed by atoms with Crippen LogP contribution in [0.1, 0.15) is 47.2 Å². The zero-order valence-corrected chi connectivity index (χ0v) is 21.7. The van der Waals surface area contributed by atoms with E-state index in [1.165, 1.54) is 22.2 Å². The molecule has 1 aromatic carbocycles. The molecule has 1 unspecified atom stereocenters. The number of thioether (sulfide) groups is 1. The number of rotatable bonds is 10. The van der Waals surface area contributed by atoms with E-state index < -0.39 is 0 Å². The molecule has 1 atom stereocenters. The van der Waals surface area contributed by atoms with Crippen LogP contribution in [0.15, 0.2) is 42.1 Å². The lowest BCUT2D eigenvalue weighted by molar-refractivity contribution is -0.113. The first kappa shape index (κ1) is 25.0. The smallest absolute Gasteiger partial charge is 0.235 e. The molecule has 3 aromatic rings. The highest BCUT2D eigenvalue weighted by molar-refractivity contribution is 7.99. The van der Waals surface area contributed by atoms with Gasteiger partial charge in [0.2, 0.25) is 5.91 Å². The standard InChI is InChI=1S/C26H29N5O2S2/c1-4-12-31-23(15-33-19-9-6-17(3)7-10-19)29-30-26(31)34-16-24(32)28-25-21(14-27)20-11-8-18(5-2)13-22(20)35-25/h4,6-7,9-10,18H,1,5,8,11-13,15-16H2,2-3H3,(H,28,32). The van der Waals surface area contributed by atoms with E-state index in [0.29, 0.717) is 34.0 Å². The van der Waals surface area contributed by atoms with Gasteiger partial charge in [0.1, 0.15) is 23.4 Å². The number of hydrogen-bond donors (Lipinski definition) is 1. The molecule has 0 aliphatic heterocycles. The highest BCUT2D eigenvalue weighted by atomic mass is 32.2. The lowest BCUT2D eigenvalue weighted by atomic mass is 9.86. The number of benzene rings is 1. The van der Waals surface area contributed by atoms with Gasteiger partial charge in [0.25, 0.3) is 0 Å². The molecule has 0 radical (unpaired) electrons. The minimum atomic E-state index is -0.164. The minimum absolute atomic E-state index is 0.164. The van der Waals surface area contributed by atoms with Crippen molar-refractivity contribution in [3.63, 3.8) is 0 Å². The summed E-state index contributed by atoms with van der Waals surface area (Å²) in [7, 11) is 0. The Morgan fingerprint density at radius 2 is 2.20 bits per heavy atom. The van der Waals surface area contributed by atoms with Crippen molar-refractivity contribution >= 4 is 34.0 Å². The number of ether oxygens (including phenoxy) is 1. The number of carbonyl (C=O) groups is 1. The Morgan fingerprint density at radius 3 is 2.91 bits per heavy atom. The lowest BCUT2D eigenvalue weighted by Crippen LogP contribution is -2.15. The highest BCUT2D eigenvalue weighted by Gasteiger charge is 2.26. The Balaban J connectivity index is 1.39. The maximum atomic E-state index is 12.8. The monoisotopic (exact) mass is 507 g/mol. The molecule has 0 saturated heterocycles. The predicted octanol–water partition coefficient (Wildman–Crippen LogP) is 5.53. The van der Waals surface area contributed by atoms with Crippen LogP contribution in [0, 0.1) is 24.2 Å². The lowest BCUT2D eigenvalue weighted by Gasteiger charge is -2.20. The Kier molecular flexibility index (Phi) is 8.26. The van der Waals surface area contributed by atoms with Gasteiger partial charge in [-0.25, -0.2) is 0 Å². The zero-order valence-electron chi connectivity index (χ0n) is 20.0. The Hall–Kier alpha value is -3.09. The van der Waals surface area contributed by atoms with Crippen molar-refractivity contribution in [2.45, 2.75) is 57.8 Å². The number of aromatic nitrogens is 3. The molecule has 0 saturated carbocycles. The van der Waals surface area contributed by atoms with Crippen LogP contribution in [0.25, 0.3) is 0 Å². The summed E-state index contributed by atoms with van der Waals surface area (Å²) >= 11 is 2.86. The number of aryl methyl sites for hydroxylation is 1. The average Bonchev–Trinajstić information content (AvgIpc) is 3.41. The normalized spacial score (nSPS) is 14.7. The van der Waals surface area contributed by atoms with Crippen LogP contribution in [-0.4, -0.2) is 26.4 Å². The summed E-state index contributed by atoms with van der Waals surface area (Å²) in [4.78, 5) is 14.0. The number of nitrogens with one attached hydrogen (secondary N) is 1. The fourth-order valence-corrected chi connectivity index (χ4v) is 6.22. The molecule has 7 nitrogen and oxygen atoms in total. The molecule has 35 heavy (non-hydrogen) atoms. The topological polar surface area (TPSA) is 92.8 Å². The average molecular weight is 508 g/mol. The van der Waals surface area contributed by atoms with Crippen molar-refractivity contribution in [3.8, 4) is 11.8 Å². The van der Waals surface area contributed by atoms with E-state index in [2.05, 4.69) is 35.1 Å². The SMILES string of the molecule is C=CCn1c(COc2ccc(C)cc2)nnc1SCC(=O)Nc1sc2c(c1C#N)CCC(CC)C2. The van der Waals surface area contributed by atoms with Crippen molar-refractivity contribution in [3.05, 3.63) is 64.3 Å². The van der Waals surface area contributed by atoms with Gasteiger partial charge in [-0.05, 0) is 49.8 Å². The van der Waals surface area contributed by atoms with Crippen LogP contribution in [0.4, 0.5) is 5.00 Å². The third-order valence-electron chi connectivity index (χ3n) is 6.14. The van der Waals surface area contributed by atoms with Crippen LogP contribution in [-0.2, 0) is 30.8 Å². The Morgan fingerprint density at radius 1 is 1.40 bits per heavy atom. The third kappa shape index (κ3) is 5.95. The number of allylic oxidation sites excluding steroid dienone is 1. The quantitative estimate of drug-likeness (QED) is 0.286. The summed E-state index contributed by atoms with van der Waals surface area (Å²) in [5.74, 6) is 2.08. The van der Waals surface area contributed by atoms with Crippen LogP contribution < -0.4 is 10.1 Å². The molecule has 2 heterocycles. The highest BCUT2D eigenvalue weighted by Crippen LogP contribution is 2.40. The number of nitriles is 1.